The van der Waals surface area contributed by atoms with Crippen LogP contribution in [-0.4, -0.2) is 31.2 Å². The van der Waals surface area contributed by atoms with Crippen molar-refractivity contribution in [3.63, 3.8) is 0 Å². The summed E-state index contributed by atoms with van der Waals surface area (Å²) < 4.78 is 28.9. The maximum Gasteiger partial charge on any atom is 0.244 e. The van der Waals surface area contributed by atoms with Crippen LogP contribution in [0.25, 0.3) is 0 Å². The number of hydrogen-bond acceptors (Lipinski definition) is 3. The van der Waals surface area contributed by atoms with Crippen LogP contribution in [0.2, 0.25) is 5.02 Å². The van der Waals surface area contributed by atoms with Gasteiger partial charge in [0.1, 0.15) is 6.04 Å². The number of halogens is 2. The number of rotatable bonds is 5. The van der Waals surface area contributed by atoms with Crippen LogP contribution in [0.4, 0.5) is 0 Å². The number of benzene rings is 2. The van der Waals surface area contributed by atoms with E-state index in [0.717, 1.165) is 22.9 Å². The second-order valence-corrected chi connectivity index (χ2v) is 9.58. The Balaban J connectivity index is 2.04. The van der Waals surface area contributed by atoms with Crippen molar-refractivity contribution in [3.05, 3.63) is 63.6 Å². The molecule has 0 saturated carbocycles. The molecule has 1 heterocycles. The van der Waals surface area contributed by atoms with Gasteiger partial charge in [-0.05, 0) is 55.2 Å². The Morgan fingerprint density at radius 3 is 2.52 bits per heavy atom. The molecule has 1 aliphatic heterocycles. The number of carbonyl (C=O) groups is 1. The van der Waals surface area contributed by atoms with Crippen LogP contribution in [0.1, 0.15) is 24.8 Å². The summed E-state index contributed by atoms with van der Waals surface area (Å²) in [5.74, 6) is -0.253. The zero-order valence-corrected chi connectivity index (χ0v) is 17.7. The van der Waals surface area contributed by atoms with Gasteiger partial charge in [-0.1, -0.05) is 45.7 Å². The highest BCUT2D eigenvalue weighted by Crippen LogP contribution is 2.28. The van der Waals surface area contributed by atoms with Crippen LogP contribution < -0.4 is 5.32 Å². The van der Waals surface area contributed by atoms with E-state index in [4.69, 9.17) is 11.6 Å². The number of nitrogens with one attached hydrogen (secondary N) is 1. The van der Waals surface area contributed by atoms with Crippen molar-refractivity contribution in [2.75, 3.05) is 6.54 Å². The summed E-state index contributed by atoms with van der Waals surface area (Å²) in [5.41, 5.74) is 0.798. The van der Waals surface area contributed by atoms with E-state index in [1.54, 1.807) is 0 Å². The molecule has 1 N–H and O–H groups in total. The molecule has 0 radical (unpaired) electrons. The molecule has 1 saturated heterocycles. The molecule has 0 aliphatic carbocycles. The lowest BCUT2D eigenvalue weighted by Gasteiger charge is -2.29. The first-order chi connectivity index (χ1) is 12.9. The Morgan fingerprint density at radius 2 is 1.81 bits per heavy atom. The molecule has 0 bridgehead atoms. The summed E-state index contributed by atoms with van der Waals surface area (Å²) in [4.78, 5) is 12.7. The first kappa shape index (κ1) is 20.3. The van der Waals surface area contributed by atoms with Crippen molar-refractivity contribution in [2.45, 2.75) is 36.7 Å². The van der Waals surface area contributed by atoms with Gasteiger partial charge in [-0.25, -0.2) is 8.42 Å². The lowest BCUT2D eigenvalue weighted by atomic mass is 10.1. The van der Waals surface area contributed by atoms with Crippen LogP contribution in [0.3, 0.4) is 0 Å². The van der Waals surface area contributed by atoms with Crippen molar-refractivity contribution in [2.24, 2.45) is 0 Å². The number of nitrogens with zero attached hydrogens (tertiary/aromatic N) is 1. The molecule has 2 aromatic rings. The largest absolute Gasteiger partial charge is 0.355 e. The Hall–Kier alpha value is -1.41. The minimum atomic E-state index is -3.89. The van der Waals surface area contributed by atoms with Crippen LogP contribution >= 0.6 is 27.5 Å². The minimum Gasteiger partial charge on any atom is -0.355 e. The van der Waals surface area contributed by atoms with Gasteiger partial charge in [-0.15, -0.1) is 0 Å². The monoisotopic (exact) mass is 470 g/mol. The van der Waals surface area contributed by atoms with E-state index in [9.17, 15) is 13.2 Å². The van der Waals surface area contributed by atoms with Gasteiger partial charge in [-0.3, -0.25) is 4.79 Å². The second-order valence-electron chi connectivity index (χ2n) is 6.40. The average molecular weight is 472 g/mol. The summed E-state index contributed by atoms with van der Waals surface area (Å²) in [5, 5.41) is 3.29. The number of carbonyl (C=O) groups excluding carboxylic acids is 1. The molecule has 1 atom stereocenters. The molecule has 3 rings (SSSR count). The van der Waals surface area contributed by atoms with Crippen LogP contribution in [0.15, 0.2) is 57.9 Å². The first-order valence-electron chi connectivity index (χ1n) is 8.68. The third kappa shape index (κ3) is 4.71. The zero-order chi connectivity index (χ0) is 19.4. The summed E-state index contributed by atoms with van der Waals surface area (Å²) in [6.45, 7) is 0.670. The van der Waals surface area contributed by atoms with Gasteiger partial charge >= 0.3 is 0 Å². The van der Waals surface area contributed by atoms with Crippen LogP contribution in [0.5, 0.6) is 0 Å². The van der Waals surface area contributed by atoms with Gasteiger partial charge < -0.3 is 5.32 Å². The minimum absolute atomic E-state index is 0.102. The summed E-state index contributed by atoms with van der Waals surface area (Å²) in [7, 11) is -3.89. The van der Waals surface area contributed by atoms with E-state index in [-0.39, 0.29) is 17.3 Å². The lowest BCUT2D eigenvalue weighted by molar-refractivity contribution is -0.124. The van der Waals surface area contributed by atoms with Crippen molar-refractivity contribution in [3.8, 4) is 0 Å². The highest BCUT2D eigenvalue weighted by atomic mass is 79.9. The molecular formula is C19H20BrClN2O3S. The molecule has 5 nitrogen and oxygen atoms in total. The van der Waals surface area contributed by atoms with Crippen molar-refractivity contribution in [1.29, 1.82) is 0 Å². The van der Waals surface area contributed by atoms with E-state index in [1.807, 2.05) is 24.3 Å². The summed E-state index contributed by atoms with van der Waals surface area (Å²) >= 11 is 9.38. The SMILES string of the molecule is O=C1NCCCCC1N(Cc1ccccc1Br)S(=O)(=O)c1ccc(Cl)cc1. The van der Waals surface area contributed by atoms with Crippen molar-refractivity contribution < 1.29 is 13.2 Å². The van der Waals surface area contributed by atoms with E-state index in [2.05, 4.69) is 21.2 Å². The molecule has 1 unspecified atom stereocenters. The molecule has 1 aliphatic rings. The van der Waals surface area contributed by atoms with Gasteiger partial charge in [0.2, 0.25) is 15.9 Å². The van der Waals surface area contributed by atoms with E-state index in [0.29, 0.717) is 18.0 Å². The van der Waals surface area contributed by atoms with Crippen molar-refractivity contribution >= 4 is 43.5 Å². The highest BCUT2D eigenvalue weighted by molar-refractivity contribution is 9.10. The predicted molar refractivity (Wildman–Crippen MR) is 109 cm³/mol. The quantitative estimate of drug-likeness (QED) is 0.718. The Morgan fingerprint density at radius 1 is 1.11 bits per heavy atom. The van der Waals surface area contributed by atoms with Gasteiger partial charge in [0.25, 0.3) is 0 Å². The fourth-order valence-corrected chi connectivity index (χ4v) is 5.23. The van der Waals surface area contributed by atoms with Crippen LogP contribution in [-0.2, 0) is 21.4 Å². The maximum atomic E-state index is 13.4. The summed E-state index contributed by atoms with van der Waals surface area (Å²) in [6, 6.07) is 12.7. The van der Waals surface area contributed by atoms with E-state index in [1.165, 1.54) is 28.6 Å². The molecular weight excluding hydrogens is 452 g/mol. The second kappa shape index (κ2) is 8.73. The van der Waals surface area contributed by atoms with E-state index < -0.39 is 16.1 Å². The standard InChI is InChI=1S/C19H20BrClN2O3S/c20-17-6-2-1-5-14(17)13-23(18-7-3-4-12-22-19(18)24)27(25,26)16-10-8-15(21)9-11-16/h1-2,5-6,8-11,18H,3-4,7,12-13H2,(H,22,24). The predicted octanol–water partition coefficient (Wildman–Crippen LogP) is 3.96. The Kier molecular flexibility index (Phi) is 6.57. The normalized spacial score (nSPS) is 18.2. The summed E-state index contributed by atoms with van der Waals surface area (Å²) in [6.07, 6.45) is 2.11. The van der Waals surface area contributed by atoms with Gasteiger partial charge in [0, 0.05) is 22.6 Å². The Labute approximate surface area is 172 Å². The number of amides is 1. The molecule has 1 amide bonds. The van der Waals surface area contributed by atoms with Gasteiger partial charge in [0.05, 0.1) is 4.90 Å². The fraction of sp³-hybridized carbons (Fsp3) is 0.316. The molecule has 1 fully saturated rings. The van der Waals surface area contributed by atoms with Gasteiger partial charge in [-0.2, -0.15) is 4.31 Å². The van der Waals surface area contributed by atoms with Crippen molar-refractivity contribution in [1.82, 2.24) is 9.62 Å². The molecule has 0 aromatic heterocycles. The molecule has 144 valence electrons. The van der Waals surface area contributed by atoms with E-state index >= 15 is 0 Å². The van der Waals surface area contributed by atoms with Gasteiger partial charge in [0.15, 0.2) is 0 Å². The maximum absolute atomic E-state index is 13.4. The first-order valence-corrected chi connectivity index (χ1v) is 11.3. The number of sulfonamides is 1. The average Bonchev–Trinajstić information content (AvgIpc) is 2.85. The zero-order valence-electron chi connectivity index (χ0n) is 14.6. The molecule has 2 aromatic carbocycles. The smallest absolute Gasteiger partial charge is 0.244 e. The number of hydrogen-bond donors (Lipinski definition) is 1. The molecule has 27 heavy (non-hydrogen) atoms. The van der Waals surface area contributed by atoms with Crippen LogP contribution in [0, 0.1) is 0 Å². The third-order valence-electron chi connectivity index (χ3n) is 4.56. The molecule has 0 spiro atoms. The third-order valence-corrected chi connectivity index (χ3v) is 7.45. The molecule has 8 heteroatoms. The lowest BCUT2D eigenvalue weighted by Crippen LogP contribution is -2.48. The topological polar surface area (TPSA) is 66.5 Å². The fourth-order valence-electron chi connectivity index (χ4n) is 3.10. The Bertz CT molecular complexity index is 919. The highest BCUT2D eigenvalue weighted by Gasteiger charge is 2.36.